The lowest BCUT2D eigenvalue weighted by Gasteiger charge is -2.21. The van der Waals surface area contributed by atoms with Gasteiger partial charge in [0, 0.05) is 19.0 Å². The molecule has 0 saturated carbocycles. The van der Waals surface area contributed by atoms with Crippen LogP contribution in [0.15, 0.2) is 17.1 Å². The molecule has 0 radical (unpaired) electrons. The number of unbranched alkanes of at least 4 members (excludes halogenated alkanes) is 21. The maximum atomic E-state index is 12.9. The Kier molecular flexibility index (Phi) is 32.6. The number of anilines is 1. The Balaban J connectivity index is 1.79. The van der Waals surface area contributed by atoms with Gasteiger partial charge in [-0.05, 0) is 30.7 Å². The Hall–Kier alpha value is -2.24. The minimum absolute atomic E-state index is 0.0558. The van der Waals surface area contributed by atoms with Gasteiger partial charge in [0.25, 0.3) is 0 Å². The summed E-state index contributed by atoms with van der Waals surface area (Å²) < 4.78 is 56.8. The quantitative estimate of drug-likeness (QED) is 0.0231. The van der Waals surface area contributed by atoms with E-state index in [1.165, 1.54) is 115 Å². The molecular weight excluding hydrogens is 920 g/mol. The van der Waals surface area contributed by atoms with Gasteiger partial charge in [0.05, 0.1) is 13.2 Å². The Morgan fingerprint density at radius 3 is 1.68 bits per heavy atom. The first-order valence-electron chi connectivity index (χ1n) is 25.8. The molecule has 1 saturated heterocycles. The molecule has 0 bridgehead atoms. The number of aromatic nitrogens is 2. The topological polar surface area (TPSA) is 265 Å². The van der Waals surface area contributed by atoms with E-state index in [-0.39, 0.29) is 18.7 Å². The Labute approximate surface area is 406 Å². The molecule has 2 heterocycles. The minimum atomic E-state index is -5.42. The molecule has 0 spiro atoms. The molecule has 1 aromatic rings. The van der Waals surface area contributed by atoms with Crippen molar-refractivity contribution in [1.82, 2.24) is 9.55 Å². The number of esters is 2. The molecule has 1 aliphatic heterocycles. The third kappa shape index (κ3) is 29.2. The summed E-state index contributed by atoms with van der Waals surface area (Å²) in [5, 5.41) is 20.9. The van der Waals surface area contributed by atoms with Crippen LogP contribution >= 0.6 is 15.6 Å². The molecule has 8 atom stereocenters. The summed E-state index contributed by atoms with van der Waals surface area (Å²) in [6.45, 7) is 6.82. The summed E-state index contributed by atoms with van der Waals surface area (Å²) in [5.41, 5.74) is 4.59. The first-order chi connectivity index (χ1) is 32.4. The van der Waals surface area contributed by atoms with Crippen LogP contribution in [0.25, 0.3) is 0 Å². The third-order valence-corrected chi connectivity index (χ3v) is 15.0. The third-order valence-electron chi connectivity index (χ3n) is 12.4. The van der Waals surface area contributed by atoms with Gasteiger partial charge >= 0.3 is 33.3 Å². The number of rotatable bonds is 42. The number of carbonyl (C=O) groups is 2. The predicted molar refractivity (Wildman–Crippen MR) is 261 cm³/mol. The van der Waals surface area contributed by atoms with Crippen molar-refractivity contribution in [3.05, 3.63) is 22.7 Å². The SMILES string of the molecule is CCC(C)CCCCCCCCCCCCC(=O)O[C@H](COC(=O)CCCCCCCCCCCCCCCC(C)C)COP(=O)(O)OP(=O)(O)OC[C@H]1O[C@@H](n2ccc(N)nc2=O)C(O)[C@H]1O. The second kappa shape index (κ2) is 35.8. The fourth-order valence-electron chi connectivity index (χ4n) is 8.00. The molecule has 4 unspecified atom stereocenters. The second-order valence-corrected chi connectivity index (χ2v) is 22.2. The van der Waals surface area contributed by atoms with Crippen LogP contribution in [-0.2, 0) is 46.3 Å². The van der Waals surface area contributed by atoms with Crippen LogP contribution in [0.2, 0.25) is 0 Å². The van der Waals surface area contributed by atoms with E-state index in [0.29, 0.717) is 12.8 Å². The van der Waals surface area contributed by atoms with Crippen LogP contribution in [0.5, 0.6) is 0 Å². The normalized spacial score (nSPS) is 20.0. The zero-order valence-corrected chi connectivity index (χ0v) is 43.6. The second-order valence-electron chi connectivity index (χ2n) is 19.1. The summed E-state index contributed by atoms with van der Waals surface area (Å²) in [6.07, 6.45) is 23.3. The number of nitrogens with zero attached hydrogens (tertiary/aromatic N) is 2. The molecule has 2 rings (SSSR count). The molecule has 1 aliphatic rings. The van der Waals surface area contributed by atoms with Crippen molar-refractivity contribution in [2.24, 2.45) is 11.8 Å². The van der Waals surface area contributed by atoms with E-state index in [2.05, 4.69) is 37.0 Å². The van der Waals surface area contributed by atoms with E-state index in [1.807, 2.05) is 0 Å². The highest BCUT2D eigenvalue weighted by molar-refractivity contribution is 7.61. The van der Waals surface area contributed by atoms with E-state index in [0.717, 1.165) is 67.8 Å². The average Bonchev–Trinajstić information content (AvgIpc) is 3.56. The number of hydrogen-bond donors (Lipinski definition) is 5. The van der Waals surface area contributed by atoms with Gasteiger partial charge < -0.3 is 39.9 Å². The maximum absolute atomic E-state index is 12.9. The van der Waals surface area contributed by atoms with Crippen LogP contribution < -0.4 is 11.4 Å². The van der Waals surface area contributed by atoms with E-state index in [4.69, 9.17) is 29.0 Å². The van der Waals surface area contributed by atoms with Crippen molar-refractivity contribution in [2.75, 3.05) is 25.6 Å². The summed E-state index contributed by atoms with van der Waals surface area (Å²) in [4.78, 5) is 61.9. The number of hydrogen-bond acceptors (Lipinski definition) is 15. The standard InChI is InChI=1S/C48H89N3O15P2/c1-5-39(4)30-26-22-18-14-11-12-16-20-24-28-32-44(53)64-40(35-61-43(52)31-27-23-19-15-10-8-6-7-9-13-17-21-25-29-38(2)3)36-62-67(57,58)66-68(59,60)63-37-41-45(54)46(55)47(65-41)51-34-33-42(49)50-48(51)56/h33-34,38-41,45-47,54-55H,5-32,35-37H2,1-4H3,(H,57,58)(H,59,60)(H2,49,50,56)/t39?,40-,41-,45+,46?,47-/m1/s1. The maximum Gasteiger partial charge on any atom is 0.481 e. The lowest BCUT2D eigenvalue weighted by Crippen LogP contribution is -2.36. The van der Waals surface area contributed by atoms with E-state index in [9.17, 15) is 43.5 Å². The average molecular weight is 1010 g/mol. The number of phosphoric acid groups is 2. The zero-order chi connectivity index (χ0) is 50.2. The molecule has 6 N–H and O–H groups in total. The first kappa shape index (κ1) is 61.9. The van der Waals surface area contributed by atoms with Gasteiger partial charge in [-0.1, -0.05) is 182 Å². The van der Waals surface area contributed by atoms with Crippen molar-refractivity contribution in [3.8, 4) is 0 Å². The molecule has 396 valence electrons. The lowest BCUT2D eigenvalue weighted by molar-refractivity contribution is -0.161. The lowest BCUT2D eigenvalue weighted by atomic mass is 9.99. The van der Waals surface area contributed by atoms with Gasteiger partial charge in [0.1, 0.15) is 30.7 Å². The highest BCUT2D eigenvalue weighted by Crippen LogP contribution is 2.60. The minimum Gasteiger partial charge on any atom is -0.462 e. The number of aliphatic hydroxyl groups is 2. The van der Waals surface area contributed by atoms with E-state index in [1.54, 1.807) is 0 Å². The molecule has 20 heteroatoms. The number of nitrogens with two attached hydrogens (primary N) is 1. The summed E-state index contributed by atoms with van der Waals surface area (Å²) in [5.74, 6) is 0.310. The molecule has 0 aromatic carbocycles. The molecule has 68 heavy (non-hydrogen) atoms. The van der Waals surface area contributed by atoms with Gasteiger partial charge in [0.15, 0.2) is 12.3 Å². The van der Waals surface area contributed by atoms with Gasteiger partial charge in [-0.15, -0.1) is 0 Å². The Morgan fingerprint density at radius 1 is 0.706 bits per heavy atom. The molecule has 0 amide bonds. The van der Waals surface area contributed by atoms with Gasteiger partial charge in [-0.2, -0.15) is 9.29 Å². The smallest absolute Gasteiger partial charge is 0.462 e. The summed E-state index contributed by atoms with van der Waals surface area (Å²) in [7, 11) is -10.8. The molecular formula is C48H89N3O15P2. The number of carbonyl (C=O) groups excluding carboxylic acids is 2. The fraction of sp³-hybridized carbons (Fsp3) is 0.875. The van der Waals surface area contributed by atoms with Crippen molar-refractivity contribution < 1.29 is 66.3 Å². The number of phosphoric ester groups is 2. The van der Waals surface area contributed by atoms with Crippen LogP contribution in [0.4, 0.5) is 5.82 Å². The van der Waals surface area contributed by atoms with E-state index >= 15 is 0 Å². The molecule has 18 nitrogen and oxygen atoms in total. The van der Waals surface area contributed by atoms with Crippen LogP contribution in [-0.4, -0.2) is 85.7 Å². The van der Waals surface area contributed by atoms with Crippen molar-refractivity contribution in [1.29, 1.82) is 0 Å². The summed E-state index contributed by atoms with van der Waals surface area (Å²) in [6, 6.07) is 1.25. The van der Waals surface area contributed by atoms with E-state index < -0.39 is 83.7 Å². The number of nitrogen functional groups attached to an aromatic ring is 1. The number of ether oxygens (including phenoxy) is 3. The fourth-order valence-corrected chi connectivity index (χ4v) is 10.1. The zero-order valence-electron chi connectivity index (χ0n) is 41.8. The van der Waals surface area contributed by atoms with Crippen LogP contribution in [0, 0.1) is 11.8 Å². The molecule has 1 fully saturated rings. The van der Waals surface area contributed by atoms with Crippen molar-refractivity contribution in [3.63, 3.8) is 0 Å². The predicted octanol–water partition coefficient (Wildman–Crippen LogP) is 10.4. The molecule has 1 aromatic heterocycles. The van der Waals surface area contributed by atoms with Gasteiger partial charge in [-0.3, -0.25) is 23.2 Å². The summed E-state index contributed by atoms with van der Waals surface area (Å²) >= 11 is 0. The highest BCUT2D eigenvalue weighted by Gasteiger charge is 2.46. The monoisotopic (exact) mass is 1010 g/mol. The molecule has 0 aliphatic carbocycles. The Bertz CT molecular complexity index is 1670. The van der Waals surface area contributed by atoms with Crippen LogP contribution in [0.3, 0.4) is 0 Å². The van der Waals surface area contributed by atoms with Crippen molar-refractivity contribution >= 4 is 33.4 Å². The largest absolute Gasteiger partial charge is 0.481 e. The first-order valence-corrected chi connectivity index (χ1v) is 28.8. The van der Waals surface area contributed by atoms with Crippen LogP contribution in [0.1, 0.15) is 214 Å². The number of aliphatic hydroxyl groups excluding tert-OH is 2. The highest BCUT2D eigenvalue weighted by atomic mass is 31.3. The Morgan fingerprint density at radius 2 is 1.18 bits per heavy atom. The van der Waals surface area contributed by atoms with Gasteiger partial charge in [0.2, 0.25) is 0 Å². The van der Waals surface area contributed by atoms with Crippen molar-refractivity contribution in [2.45, 2.75) is 238 Å². The van der Waals surface area contributed by atoms with Gasteiger partial charge in [-0.25, -0.2) is 13.9 Å².